The number of carbonyl (C=O) groups excluding carboxylic acids is 1. The van der Waals surface area contributed by atoms with Gasteiger partial charge in [-0.25, -0.2) is 4.79 Å². The molecule has 2 rings (SSSR count). The van der Waals surface area contributed by atoms with Gasteiger partial charge in [-0.2, -0.15) is 14.7 Å². The number of nitro groups is 1. The molecule has 0 fully saturated rings. The quantitative estimate of drug-likeness (QED) is 0.398. The molecule has 0 radical (unpaired) electrons. The zero-order chi connectivity index (χ0) is 17.2. The Bertz CT molecular complexity index is 758. The molecular weight excluding hydrogens is 393 g/mol. The van der Waals surface area contributed by atoms with E-state index in [4.69, 9.17) is 19.4 Å². The van der Waals surface area contributed by atoms with Gasteiger partial charge in [0.15, 0.2) is 0 Å². The third kappa shape index (κ3) is 4.31. The molecule has 0 saturated heterocycles. The van der Waals surface area contributed by atoms with Crippen LogP contribution in [-0.4, -0.2) is 25.1 Å². The van der Waals surface area contributed by atoms with Crippen molar-refractivity contribution in [2.45, 2.75) is 0 Å². The van der Waals surface area contributed by atoms with Gasteiger partial charge in [-0.05, 0) is 30.3 Å². The summed E-state index contributed by atoms with van der Waals surface area (Å²) in [5.41, 5.74) is -2.39. The van der Waals surface area contributed by atoms with Gasteiger partial charge < -0.3 is 4.74 Å². The average molecular weight is 403 g/mol. The van der Waals surface area contributed by atoms with E-state index in [0.29, 0.717) is 5.75 Å². The van der Waals surface area contributed by atoms with E-state index in [9.17, 15) is 14.9 Å². The number of hydrogen-bond acceptors (Lipinski definition) is 7. The van der Waals surface area contributed by atoms with Crippen LogP contribution in [0.3, 0.4) is 0 Å². The third-order valence-corrected chi connectivity index (χ3v) is 4.03. The first-order valence-electron chi connectivity index (χ1n) is 6.02. The summed E-state index contributed by atoms with van der Waals surface area (Å²) in [6, 6.07) is 9.53. The monoisotopic (exact) mass is 402 g/mol. The number of nitro benzene ring substituents is 1. The van der Waals surface area contributed by atoms with Crippen molar-refractivity contribution in [3.05, 3.63) is 62.6 Å². The van der Waals surface area contributed by atoms with Gasteiger partial charge in [0.05, 0.1) is 4.92 Å². The van der Waals surface area contributed by atoms with E-state index in [0.717, 1.165) is 22.7 Å². The minimum absolute atomic E-state index is 0.149. The molecule has 0 heterocycles. The summed E-state index contributed by atoms with van der Waals surface area (Å²) in [7, 11) is -4.87. The van der Waals surface area contributed by atoms with Crippen molar-refractivity contribution in [3.63, 3.8) is 0 Å². The predicted octanol–water partition coefficient (Wildman–Crippen LogP) is 3.03. The predicted molar refractivity (Wildman–Crippen MR) is 85.2 cm³/mol. The molecule has 120 valence electrons. The van der Waals surface area contributed by atoms with Gasteiger partial charge in [-0.3, -0.25) is 10.1 Å². The van der Waals surface area contributed by atoms with Crippen LogP contribution >= 0.6 is 23.9 Å². The molecule has 8 nitrogen and oxygen atoms in total. The average Bonchev–Trinajstić information content (AvgIpc) is 2.48. The van der Waals surface area contributed by atoms with Crippen LogP contribution in [0.2, 0.25) is 0 Å². The molecule has 0 aliphatic carbocycles. The third-order valence-electron chi connectivity index (χ3n) is 2.72. The molecular formula is C13H10BrNO7P+. The summed E-state index contributed by atoms with van der Waals surface area (Å²) in [6.07, 6.45) is 0. The van der Waals surface area contributed by atoms with E-state index in [1.165, 1.54) is 0 Å². The highest BCUT2D eigenvalue weighted by Gasteiger charge is 2.45. The second-order valence-corrected chi connectivity index (χ2v) is 6.83. The number of hydrogen-bond donors (Lipinski definition) is 3. The molecule has 0 bridgehead atoms. The first-order chi connectivity index (χ1) is 10.7. The Morgan fingerprint density at radius 3 is 2.26 bits per heavy atom. The Labute approximate surface area is 138 Å². The standard InChI is InChI=1S/C13H10BrNO7P/c14-8-1-4-10(5-2-8)22-12-6-3-9(15(17)18)7-11(12)13(16)23(19,20)21/h1-7,19-21H/q+1. The highest BCUT2D eigenvalue weighted by molar-refractivity contribution is 9.10. The first kappa shape index (κ1) is 17.5. The van der Waals surface area contributed by atoms with E-state index < -0.39 is 29.6 Å². The van der Waals surface area contributed by atoms with Crippen LogP contribution in [0.1, 0.15) is 10.4 Å². The fraction of sp³-hybridized carbons (Fsp3) is 0. The van der Waals surface area contributed by atoms with Crippen LogP contribution in [0.5, 0.6) is 11.5 Å². The number of non-ortho nitro benzene ring substituents is 1. The zero-order valence-corrected chi connectivity index (χ0v) is 13.8. The topological polar surface area (TPSA) is 130 Å². The summed E-state index contributed by atoms with van der Waals surface area (Å²) in [6.45, 7) is 0. The molecule has 0 aliphatic heterocycles. The Morgan fingerprint density at radius 2 is 1.74 bits per heavy atom. The van der Waals surface area contributed by atoms with E-state index in [2.05, 4.69) is 15.9 Å². The molecule has 0 saturated carbocycles. The van der Waals surface area contributed by atoms with E-state index in [1.807, 2.05) is 0 Å². The zero-order valence-electron chi connectivity index (χ0n) is 11.3. The lowest BCUT2D eigenvalue weighted by Gasteiger charge is -2.10. The number of halogens is 1. The molecule has 0 aliphatic rings. The number of ether oxygens (including phenoxy) is 1. The first-order valence-corrected chi connectivity index (χ1v) is 8.46. The van der Waals surface area contributed by atoms with Gasteiger partial charge in [-0.1, -0.05) is 15.9 Å². The second kappa shape index (κ2) is 6.69. The SMILES string of the molecule is O=C(c1cc([N+](=O)[O-])ccc1Oc1ccc(Br)cc1)[P+](O)(O)O. The fourth-order valence-corrected chi connectivity index (χ4v) is 2.44. The summed E-state index contributed by atoms with van der Waals surface area (Å²) in [5, 5.41) is 10.8. The van der Waals surface area contributed by atoms with Crippen LogP contribution in [-0.2, 0) is 0 Å². The van der Waals surface area contributed by atoms with Crippen molar-refractivity contribution >= 4 is 35.1 Å². The maximum atomic E-state index is 11.9. The van der Waals surface area contributed by atoms with E-state index in [-0.39, 0.29) is 5.75 Å². The van der Waals surface area contributed by atoms with E-state index in [1.54, 1.807) is 24.3 Å². The lowest BCUT2D eigenvalue weighted by molar-refractivity contribution is -0.384. The Morgan fingerprint density at radius 1 is 1.13 bits per heavy atom. The largest absolute Gasteiger partial charge is 0.484 e. The summed E-state index contributed by atoms with van der Waals surface area (Å²) in [5.74, 6) is 0.165. The number of nitrogens with zero attached hydrogens (tertiary/aromatic N) is 1. The van der Waals surface area contributed by atoms with Crippen LogP contribution in [0, 0.1) is 10.1 Å². The van der Waals surface area contributed by atoms with Crippen molar-refractivity contribution in [2.75, 3.05) is 0 Å². The van der Waals surface area contributed by atoms with Crippen LogP contribution in [0.4, 0.5) is 5.69 Å². The van der Waals surface area contributed by atoms with Gasteiger partial charge in [0.2, 0.25) is 0 Å². The smallest absolute Gasteiger partial charge is 0.456 e. The maximum absolute atomic E-state index is 11.9. The second-order valence-electron chi connectivity index (χ2n) is 4.37. The number of rotatable bonds is 5. The highest BCUT2D eigenvalue weighted by Crippen LogP contribution is 2.50. The normalized spacial score (nSPS) is 11.1. The lowest BCUT2D eigenvalue weighted by atomic mass is 10.2. The highest BCUT2D eigenvalue weighted by atomic mass is 79.9. The molecule has 23 heavy (non-hydrogen) atoms. The molecule has 0 spiro atoms. The molecule has 0 unspecified atom stereocenters. The van der Waals surface area contributed by atoms with Crippen molar-refractivity contribution < 1.29 is 29.1 Å². The van der Waals surface area contributed by atoms with E-state index >= 15 is 0 Å². The van der Waals surface area contributed by atoms with Gasteiger partial charge in [0, 0.05) is 16.6 Å². The molecule has 0 aromatic heterocycles. The molecule has 0 atom stereocenters. The van der Waals surface area contributed by atoms with Crippen molar-refractivity contribution in [3.8, 4) is 11.5 Å². The maximum Gasteiger partial charge on any atom is 0.484 e. The van der Waals surface area contributed by atoms with Crippen molar-refractivity contribution in [1.29, 1.82) is 0 Å². The summed E-state index contributed by atoms with van der Waals surface area (Å²) >= 11 is 3.24. The Hall–Kier alpha value is -1.90. The molecule has 10 heteroatoms. The Balaban J connectivity index is 2.47. The van der Waals surface area contributed by atoms with Crippen LogP contribution in [0.25, 0.3) is 0 Å². The van der Waals surface area contributed by atoms with Gasteiger partial charge in [0.1, 0.15) is 17.1 Å². The minimum atomic E-state index is -4.87. The Kier molecular flexibility index (Phi) is 5.08. The summed E-state index contributed by atoms with van der Waals surface area (Å²) < 4.78 is 6.22. The van der Waals surface area contributed by atoms with Crippen molar-refractivity contribution in [1.82, 2.24) is 0 Å². The summed E-state index contributed by atoms with van der Waals surface area (Å²) in [4.78, 5) is 49.4. The molecule has 2 aromatic carbocycles. The molecule has 3 N–H and O–H groups in total. The van der Waals surface area contributed by atoms with Gasteiger partial charge in [-0.15, -0.1) is 0 Å². The number of benzene rings is 2. The lowest BCUT2D eigenvalue weighted by Crippen LogP contribution is -2.08. The molecule has 2 aromatic rings. The minimum Gasteiger partial charge on any atom is -0.456 e. The van der Waals surface area contributed by atoms with Gasteiger partial charge in [0.25, 0.3) is 5.69 Å². The number of carbonyl (C=O) groups is 1. The fourth-order valence-electron chi connectivity index (χ4n) is 1.68. The molecule has 0 amide bonds. The van der Waals surface area contributed by atoms with Crippen LogP contribution in [0.15, 0.2) is 46.9 Å². The van der Waals surface area contributed by atoms with Gasteiger partial charge >= 0.3 is 13.5 Å². The van der Waals surface area contributed by atoms with Crippen LogP contribution < -0.4 is 4.74 Å². The van der Waals surface area contributed by atoms with Crippen molar-refractivity contribution in [2.24, 2.45) is 0 Å².